The zero-order valence-corrected chi connectivity index (χ0v) is 15.5. The summed E-state index contributed by atoms with van der Waals surface area (Å²) < 4.78 is 13.1. The van der Waals surface area contributed by atoms with Crippen LogP contribution in [0.3, 0.4) is 0 Å². The zero-order chi connectivity index (χ0) is 18.4. The van der Waals surface area contributed by atoms with E-state index in [2.05, 4.69) is 26.5 Å². The minimum absolute atomic E-state index is 0.0275. The van der Waals surface area contributed by atoms with Crippen molar-refractivity contribution in [3.8, 4) is 11.3 Å². The van der Waals surface area contributed by atoms with Crippen molar-refractivity contribution in [1.82, 2.24) is 20.0 Å². The number of hydrogen-bond donors (Lipinski definition) is 1. The Balaban J connectivity index is 1.21. The number of nitrogens with zero attached hydrogens (tertiary/aromatic N) is 3. The quantitative estimate of drug-likeness (QED) is 0.757. The van der Waals surface area contributed by atoms with Crippen LogP contribution >= 0.6 is 11.3 Å². The molecule has 5 rings (SSSR count). The summed E-state index contributed by atoms with van der Waals surface area (Å²) in [5.74, 6) is -0.315. The molecule has 4 heterocycles. The summed E-state index contributed by atoms with van der Waals surface area (Å²) in [5.41, 5.74) is 3.35. The smallest absolute Gasteiger partial charge is 0.271 e. The SMILES string of the molecule is O=C(c1cc(-c2ccc(F)cc2)n[nH]1)N1CC(N2CCc3sccc3C2)C1. The van der Waals surface area contributed by atoms with Crippen LogP contribution in [0.5, 0.6) is 0 Å². The maximum absolute atomic E-state index is 13.1. The molecule has 7 heteroatoms. The second-order valence-electron chi connectivity index (χ2n) is 7.13. The molecule has 1 aromatic carbocycles. The molecule has 3 aromatic rings. The number of carbonyl (C=O) groups is 1. The average Bonchev–Trinajstić information content (AvgIpc) is 3.30. The highest BCUT2D eigenvalue weighted by Crippen LogP contribution is 2.28. The molecular formula is C20H19FN4OS. The van der Waals surface area contributed by atoms with Gasteiger partial charge in [-0.15, -0.1) is 11.3 Å². The van der Waals surface area contributed by atoms with Crippen molar-refractivity contribution in [2.75, 3.05) is 19.6 Å². The lowest BCUT2D eigenvalue weighted by molar-refractivity contribution is 0.0216. The fraction of sp³-hybridized carbons (Fsp3) is 0.300. The van der Waals surface area contributed by atoms with Crippen molar-refractivity contribution in [1.29, 1.82) is 0 Å². The minimum Gasteiger partial charge on any atom is -0.334 e. The average molecular weight is 382 g/mol. The predicted molar refractivity (Wildman–Crippen MR) is 102 cm³/mol. The summed E-state index contributed by atoms with van der Waals surface area (Å²) >= 11 is 1.85. The highest BCUT2D eigenvalue weighted by atomic mass is 32.1. The van der Waals surface area contributed by atoms with Gasteiger partial charge in [-0.3, -0.25) is 14.8 Å². The van der Waals surface area contributed by atoms with E-state index in [1.54, 1.807) is 18.2 Å². The Morgan fingerprint density at radius 1 is 1.22 bits per heavy atom. The van der Waals surface area contributed by atoms with E-state index < -0.39 is 0 Å². The summed E-state index contributed by atoms with van der Waals surface area (Å²) in [5, 5.41) is 9.19. The molecule has 2 aliphatic heterocycles. The van der Waals surface area contributed by atoms with Crippen LogP contribution in [0.4, 0.5) is 4.39 Å². The first-order chi connectivity index (χ1) is 13.2. The number of rotatable bonds is 3. The minimum atomic E-state index is -0.288. The lowest BCUT2D eigenvalue weighted by atomic mass is 10.0. The Labute approximate surface area is 160 Å². The molecule has 0 atom stereocenters. The Hall–Kier alpha value is -2.51. The number of likely N-dealkylation sites (tertiary alicyclic amines) is 1. The molecule has 27 heavy (non-hydrogen) atoms. The summed E-state index contributed by atoms with van der Waals surface area (Å²) in [6.07, 6.45) is 1.11. The number of halogens is 1. The molecule has 138 valence electrons. The summed E-state index contributed by atoms with van der Waals surface area (Å²) in [6.45, 7) is 3.57. The number of aromatic nitrogens is 2. The normalized spacial score (nSPS) is 17.6. The first-order valence-electron chi connectivity index (χ1n) is 9.07. The van der Waals surface area contributed by atoms with E-state index in [0.717, 1.165) is 38.2 Å². The van der Waals surface area contributed by atoms with Crippen LogP contribution in [0.25, 0.3) is 11.3 Å². The first kappa shape index (κ1) is 16.6. The summed E-state index contributed by atoms with van der Waals surface area (Å²) in [7, 11) is 0. The Bertz CT molecular complexity index is 974. The van der Waals surface area contributed by atoms with Crippen molar-refractivity contribution in [3.05, 3.63) is 63.7 Å². The molecule has 2 aromatic heterocycles. The first-order valence-corrected chi connectivity index (χ1v) is 9.95. The van der Waals surface area contributed by atoms with E-state index in [1.807, 2.05) is 16.2 Å². The molecule has 0 spiro atoms. The van der Waals surface area contributed by atoms with Crippen LogP contribution in [0.15, 0.2) is 41.8 Å². The third kappa shape index (κ3) is 3.07. The predicted octanol–water partition coefficient (Wildman–Crippen LogP) is 3.16. The molecule has 0 aliphatic carbocycles. The van der Waals surface area contributed by atoms with Gasteiger partial charge in [-0.25, -0.2) is 4.39 Å². The van der Waals surface area contributed by atoms with Crippen molar-refractivity contribution in [2.45, 2.75) is 19.0 Å². The number of carbonyl (C=O) groups excluding carboxylic acids is 1. The fourth-order valence-electron chi connectivity index (χ4n) is 3.80. The third-order valence-electron chi connectivity index (χ3n) is 5.45. The fourth-order valence-corrected chi connectivity index (χ4v) is 4.69. The Morgan fingerprint density at radius 2 is 2.04 bits per heavy atom. The van der Waals surface area contributed by atoms with Gasteiger partial charge >= 0.3 is 0 Å². The van der Waals surface area contributed by atoms with Gasteiger partial charge in [0.15, 0.2) is 0 Å². The Morgan fingerprint density at radius 3 is 2.85 bits per heavy atom. The molecule has 1 fully saturated rings. The molecule has 1 amide bonds. The van der Waals surface area contributed by atoms with Gasteiger partial charge in [0.05, 0.1) is 5.69 Å². The second kappa shape index (κ2) is 6.58. The molecule has 5 nitrogen and oxygen atoms in total. The molecule has 1 N–H and O–H groups in total. The molecule has 0 unspecified atom stereocenters. The van der Waals surface area contributed by atoms with E-state index in [9.17, 15) is 9.18 Å². The lowest BCUT2D eigenvalue weighted by Crippen LogP contribution is -2.61. The monoisotopic (exact) mass is 382 g/mol. The number of fused-ring (bicyclic) bond motifs is 1. The van der Waals surface area contributed by atoms with Crippen LogP contribution in [-0.4, -0.2) is 51.6 Å². The van der Waals surface area contributed by atoms with E-state index in [4.69, 9.17) is 0 Å². The standard InChI is InChI=1S/C20H19FN4OS/c21-15-3-1-13(2-4-15)17-9-18(23-22-17)20(26)25-11-16(12-25)24-7-5-19-14(10-24)6-8-27-19/h1-4,6,8-9,16H,5,7,10-12H2,(H,22,23). The van der Waals surface area contributed by atoms with Crippen LogP contribution < -0.4 is 0 Å². The van der Waals surface area contributed by atoms with Gasteiger partial charge in [0.1, 0.15) is 11.5 Å². The van der Waals surface area contributed by atoms with Crippen molar-refractivity contribution in [3.63, 3.8) is 0 Å². The summed E-state index contributed by atoms with van der Waals surface area (Å²) in [4.78, 5) is 18.5. The van der Waals surface area contributed by atoms with Crippen molar-refractivity contribution >= 4 is 17.2 Å². The number of thiophene rings is 1. The van der Waals surface area contributed by atoms with E-state index in [0.29, 0.717) is 17.4 Å². The number of H-pyrrole nitrogens is 1. The molecule has 1 saturated heterocycles. The lowest BCUT2D eigenvalue weighted by Gasteiger charge is -2.46. The van der Waals surface area contributed by atoms with E-state index in [1.165, 1.54) is 22.6 Å². The van der Waals surface area contributed by atoms with Crippen LogP contribution in [0, 0.1) is 5.82 Å². The van der Waals surface area contributed by atoms with Gasteiger partial charge in [0.25, 0.3) is 5.91 Å². The molecule has 2 aliphatic rings. The number of hydrogen-bond acceptors (Lipinski definition) is 4. The Kier molecular flexibility index (Phi) is 4.06. The van der Waals surface area contributed by atoms with Gasteiger partial charge in [0.2, 0.25) is 0 Å². The largest absolute Gasteiger partial charge is 0.334 e. The van der Waals surface area contributed by atoms with E-state index >= 15 is 0 Å². The van der Waals surface area contributed by atoms with Gasteiger partial charge in [0, 0.05) is 42.7 Å². The maximum Gasteiger partial charge on any atom is 0.271 e. The maximum atomic E-state index is 13.1. The van der Waals surface area contributed by atoms with Gasteiger partial charge in [-0.1, -0.05) is 0 Å². The van der Waals surface area contributed by atoms with E-state index in [-0.39, 0.29) is 11.7 Å². The second-order valence-corrected chi connectivity index (χ2v) is 8.13. The van der Waals surface area contributed by atoms with Crippen LogP contribution in [-0.2, 0) is 13.0 Å². The highest BCUT2D eigenvalue weighted by molar-refractivity contribution is 7.10. The molecule has 0 bridgehead atoms. The van der Waals surface area contributed by atoms with Crippen LogP contribution in [0.2, 0.25) is 0 Å². The number of amides is 1. The highest BCUT2D eigenvalue weighted by Gasteiger charge is 2.37. The third-order valence-corrected chi connectivity index (χ3v) is 6.47. The zero-order valence-electron chi connectivity index (χ0n) is 14.7. The van der Waals surface area contributed by atoms with Crippen LogP contribution in [0.1, 0.15) is 20.9 Å². The molecular weight excluding hydrogens is 363 g/mol. The summed E-state index contributed by atoms with van der Waals surface area (Å²) in [6, 6.07) is 10.5. The number of nitrogens with one attached hydrogen (secondary N) is 1. The van der Waals surface area contributed by atoms with Crippen molar-refractivity contribution in [2.24, 2.45) is 0 Å². The topological polar surface area (TPSA) is 52.2 Å². The van der Waals surface area contributed by atoms with Gasteiger partial charge < -0.3 is 4.90 Å². The number of aromatic amines is 1. The number of benzene rings is 1. The van der Waals surface area contributed by atoms with Gasteiger partial charge in [-0.05, 0) is 53.8 Å². The van der Waals surface area contributed by atoms with Crippen molar-refractivity contribution < 1.29 is 9.18 Å². The molecule has 0 radical (unpaired) electrons. The molecule has 0 saturated carbocycles. The van der Waals surface area contributed by atoms with Gasteiger partial charge in [-0.2, -0.15) is 5.10 Å².